The summed E-state index contributed by atoms with van der Waals surface area (Å²) in [6.07, 6.45) is 4.58. The predicted octanol–water partition coefficient (Wildman–Crippen LogP) is 2.07. The lowest BCUT2D eigenvalue weighted by molar-refractivity contribution is 0.151. The van der Waals surface area contributed by atoms with Crippen molar-refractivity contribution in [3.63, 3.8) is 0 Å². The fourth-order valence-corrected chi connectivity index (χ4v) is 1.94. The highest BCUT2D eigenvalue weighted by atomic mass is 79.9. The van der Waals surface area contributed by atoms with E-state index in [-0.39, 0.29) is 10.4 Å². The molecule has 0 saturated heterocycles. The Hall–Kier alpha value is 0.440. The molecule has 1 unspecified atom stereocenters. The minimum atomic E-state index is -0.194. The highest BCUT2D eigenvalue weighted by Gasteiger charge is 2.35. The van der Waals surface area contributed by atoms with Crippen LogP contribution in [0.2, 0.25) is 0 Å². The van der Waals surface area contributed by atoms with Crippen molar-refractivity contribution in [3.05, 3.63) is 0 Å². The number of rotatable bonds is 1. The molecule has 0 radical (unpaired) electrons. The third kappa shape index (κ3) is 1.47. The molecule has 1 aliphatic rings. The molecule has 0 aromatic rings. The third-order valence-corrected chi connectivity index (χ3v) is 3.64. The van der Waals surface area contributed by atoms with Crippen LogP contribution in [0.5, 0.6) is 0 Å². The Bertz CT molecular complexity index is 95.1. The van der Waals surface area contributed by atoms with E-state index in [0.29, 0.717) is 0 Å². The van der Waals surface area contributed by atoms with Gasteiger partial charge in [0, 0.05) is 0 Å². The SMILES string of the molecule is CC(O)C1(Br)CCCC1. The average Bonchev–Trinajstić information content (AvgIpc) is 2.16. The molecule has 1 saturated carbocycles. The molecule has 0 amide bonds. The van der Waals surface area contributed by atoms with Gasteiger partial charge >= 0.3 is 0 Å². The standard InChI is InChI=1S/C7H13BrO/c1-6(9)7(8)4-2-3-5-7/h6,9H,2-5H2,1H3. The van der Waals surface area contributed by atoms with E-state index >= 15 is 0 Å². The van der Waals surface area contributed by atoms with Crippen LogP contribution in [0.4, 0.5) is 0 Å². The molecule has 1 atom stereocenters. The zero-order chi connectivity index (χ0) is 6.91. The maximum absolute atomic E-state index is 9.26. The molecule has 1 nitrogen and oxygen atoms in total. The van der Waals surface area contributed by atoms with Crippen LogP contribution in [0, 0.1) is 0 Å². The zero-order valence-corrected chi connectivity index (χ0v) is 7.32. The summed E-state index contributed by atoms with van der Waals surface area (Å²) in [5.74, 6) is 0. The summed E-state index contributed by atoms with van der Waals surface area (Å²) < 4.78 is 0.0625. The van der Waals surface area contributed by atoms with Gasteiger partial charge in [-0.15, -0.1) is 0 Å². The molecule has 1 aliphatic carbocycles. The van der Waals surface area contributed by atoms with E-state index in [0.717, 1.165) is 12.8 Å². The van der Waals surface area contributed by atoms with Crippen LogP contribution >= 0.6 is 15.9 Å². The average molecular weight is 193 g/mol. The molecule has 1 fully saturated rings. The monoisotopic (exact) mass is 192 g/mol. The third-order valence-electron chi connectivity index (χ3n) is 2.18. The van der Waals surface area contributed by atoms with Crippen LogP contribution in [-0.4, -0.2) is 15.5 Å². The molecular formula is C7H13BrO. The highest BCUT2D eigenvalue weighted by molar-refractivity contribution is 9.10. The Kier molecular flexibility index (Phi) is 2.17. The van der Waals surface area contributed by atoms with Crippen LogP contribution < -0.4 is 0 Å². The van der Waals surface area contributed by atoms with Gasteiger partial charge in [-0.2, -0.15) is 0 Å². The molecule has 0 heterocycles. The fraction of sp³-hybridized carbons (Fsp3) is 1.00. The number of halogens is 1. The van der Waals surface area contributed by atoms with E-state index in [2.05, 4.69) is 15.9 Å². The van der Waals surface area contributed by atoms with E-state index in [9.17, 15) is 5.11 Å². The van der Waals surface area contributed by atoms with Gasteiger partial charge in [-0.25, -0.2) is 0 Å². The van der Waals surface area contributed by atoms with Gasteiger partial charge in [0.25, 0.3) is 0 Å². The van der Waals surface area contributed by atoms with Crippen molar-refractivity contribution in [1.82, 2.24) is 0 Å². The molecule has 1 rings (SSSR count). The summed E-state index contributed by atoms with van der Waals surface area (Å²) in [7, 11) is 0. The lowest BCUT2D eigenvalue weighted by atomic mass is 10.0. The van der Waals surface area contributed by atoms with Gasteiger partial charge in [0.2, 0.25) is 0 Å². The lowest BCUT2D eigenvalue weighted by Gasteiger charge is -2.24. The van der Waals surface area contributed by atoms with Crippen molar-refractivity contribution in [3.8, 4) is 0 Å². The number of hydrogen-bond acceptors (Lipinski definition) is 1. The largest absolute Gasteiger partial charge is 0.392 e. The Balaban J connectivity index is 2.51. The lowest BCUT2D eigenvalue weighted by Crippen LogP contribution is -2.30. The highest BCUT2D eigenvalue weighted by Crippen LogP contribution is 2.39. The number of aliphatic hydroxyl groups is 1. The van der Waals surface area contributed by atoms with Crippen LogP contribution in [0.15, 0.2) is 0 Å². The maximum Gasteiger partial charge on any atom is 0.0665 e. The van der Waals surface area contributed by atoms with E-state index in [1.54, 1.807) is 0 Å². The summed E-state index contributed by atoms with van der Waals surface area (Å²) in [6.45, 7) is 1.86. The Morgan fingerprint density at radius 1 is 1.44 bits per heavy atom. The van der Waals surface area contributed by atoms with Crippen LogP contribution in [0.1, 0.15) is 32.6 Å². The topological polar surface area (TPSA) is 20.2 Å². The first-order valence-corrected chi connectivity index (χ1v) is 4.31. The summed E-state index contributed by atoms with van der Waals surface area (Å²) in [5, 5.41) is 9.26. The second-order valence-corrected chi connectivity index (χ2v) is 4.50. The van der Waals surface area contributed by atoms with Crippen LogP contribution in [-0.2, 0) is 0 Å². The molecule has 1 N–H and O–H groups in total. The Morgan fingerprint density at radius 3 is 2.11 bits per heavy atom. The van der Waals surface area contributed by atoms with E-state index in [1.807, 2.05) is 6.92 Å². The van der Waals surface area contributed by atoms with Crippen molar-refractivity contribution in [1.29, 1.82) is 0 Å². The van der Waals surface area contributed by atoms with Crippen LogP contribution in [0.25, 0.3) is 0 Å². The van der Waals surface area contributed by atoms with Crippen molar-refractivity contribution in [2.75, 3.05) is 0 Å². The van der Waals surface area contributed by atoms with E-state index < -0.39 is 0 Å². The summed E-state index contributed by atoms with van der Waals surface area (Å²) in [4.78, 5) is 0. The van der Waals surface area contributed by atoms with Gasteiger partial charge in [-0.05, 0) is 19.8 Å². The maximum atomic E-state index is 9.26. The minimum absolute atomic E-state index is 0.0625. The molecule has 0 spiro atoms. The first-order chi connectivity index (χ1) is 4.15. The van der Waals surface area contributed by atoms with Crippen molar-refractivity contribution < 1.29 is 5.11 Å². The number of hydrogen-bond donors (Lipinski definition) is 1. The molecule has 0 bridgehead atoms. The van der Waals surface area contributed by atoms with Gasteiger partial charge in [0.15, 0.2) is 0 Å². The summed E-state index contributed by atoms with van der Waals surface area (Å²) in [6, 6.07) is 0. The van der Waals surface area contributed by atoms with Gasteiger partial charge in [-0.3, -0.25) is 0 Å². The molecule has 9 heavy (non-hydrogen) atoms. The van der Waals surface area contributed by atoms with Crippen LogP contribution in [0.3, 0.4) is 0 Å². The molecule has 0 aromatic carbocycles. The Morgan fingerprint density at radius 2 is 1.89 bits per heavy atom. The number of aliphatic hydroxyl groups excluding tert-OH is 1. The summed E-state index contributed by atoms with van der Waals surface area (Å²) in [5.41, 5.74) is 0. The minimum Gasteiger partial charge on any atom is -0.392 e. The molecule has 0 aliphatic heterocycles. The predicted molar refractivity (Wildman–Crippen MR) is 41.8 cm³/mol. The molecule has 0 aromatic heterocycles. The van der Waals surface area contributed by atoms with Gasteiger partial charge in [-0.1, -0.05) is 28.8 Å². The zero-order valence-electron chi connectivity index (χ0n) is 5.73. The first-order valence-electron chi connectivity index (χ1n) is 3.52. The summed E-state index contributed by atoms with van der Waals surface area (Å²) >= 11 is 3.56. The van der Waals surface area contributed by atoms with Crippen molar-refractivity contribution in [2.24, 2.45) is 0 Å². The van der Waals surface area contributed by atoms with Crippen molar-refractivity contribution in [2.45, 2.75) is 43.0 Å². The van der Waals surface area contributed by atoms with Crippen molar-refractivity contribution >= 4 is 15.9 Å². The molecular weight excluding hydrogens is 180 g/mol. The van der Waals surface area contributed by atoms with E-state index in [1.165, 1.54) is 12.8 Å². The number of alkyl halides is 1. The smallest absolute Gasteiger partial charge is 0.0665 e. The molecule has 54 valence electrons. The van der Waals surface area contributed by atoms with Gasteiger partial charge in [0.05, 0.1) is 10.4 Å². The Labute approximate surface area is 64.6 Å². The van der Waals surface area contributed by atoms with E-state index in [4.69, 9.17) is 0 Å². The van der Waals surface area contributed by atoms with Gasteiger partial charge in [0.1, 0.15) is 0 Å². The first kappa shape index (κ1) is 7.55. The fourth-order valence-electron chi connectivity index (χ4n) is 1.38. The molecule has 2 heteroatoms. The second-order valence-electron chi connectivity index (χ2n) is 2.92. The quantitative estimate of drug-likeness (QED) is 0.632. The normalized spacial score (nSPS) is 28.3. The second kappa shape index (κ2) is 2.59. The van der Waals surface area contributed by atoms with Gasteiger partial charge < -0.3 is 5.11 Å².